The Labute approximate surface area is 227 Å². The van der Waals surface area contributed by atoms with E-state index < -0.39 is 0 Å². The summed E-state index contributed by atoms with van der Waals surface area (Å²) in [6.07, 6.45) is 0. The predicted octanol–water partition coefficient (Wildman–Crippen LogP) is 11.2. The molecule has 0 saturated carbocycles. The van der Waals surface area contributed by atoms with Crippen LogP contribution < -0.4 is 5.32 Å². The van der Waals surface area contributed by atoms with Crippen molar-refractivity contribution in [2.75, 3.05) is 5.32 Å². The van der Waals surface area contributed by atoms with Gasteiger partial charge in [-0.3, -0.25) is 0 Å². The molecule has 0 aliphatic heterocycles. The fourth-order valence-corrected chi connectivity index (χ4v) is 5.12. The predicted molar refractivity (Wildman–Crippen MR) is 164 cm³/mol. The monoisotopic (exact) mass is 498 g/mol. The highest BCUT2D eigenvalue weighted by atomic mass is 15.0. The Morgan fingerprint density at radius 1 is 0.514 bits per heavy atom. The van der Waals surface area contributed by atoms with E-state index in [1.807, 2.05) is 0 Å². The van der Waals surface area contributed by atoms with Crippen molar-refractivity contribution in [3.8, 4) is 11.3 Å². The normalized spacial score (nSPS) is 12.2. The van der Waals surface area contributed by atoms with Crippen LogP contribution in [0.1, 0.15) is 152 Å². The van der Waals surface area contributed by atoms with E-state index in [1.165, 1.54) is 44.6 Å². The Morgan fingerprint density at radius 2 is 0.919 bits per heavy atom. The third-order valence-electron chi connectivity index (χ3n) is 7.52. The van der Waals surface area contributed by atoms with Gasteiger partial charge in [0.05, 0.1) is 5.69 Å². The molecule has 0 fully saturated rings. The van der Waals surface area contributed by atoms with Gasteiger partial charge in [-0.15, -0.1) is 0 Å². The van der Waals surface area contributed by atoms with E-state index in [9.17, 15) is 0 Å². The number of rotatable bonds is 9. The summed E-state index contributed by atoms with van der Waals surface area (Å²) in [6.45, 7) is 27.5. The minimum Gasteiger partial charge on any atom is -0.340 e. The molecule has 0 spiro atoms. The second-order valence-electron chi connectivity index (χ2n) is 12.6. The van der Waals surface area contributed by atoms with Gasteiger partial charge in [-0.2, -0.15) is 0 Å². The molecule has 3 rings (SSSR count). The second kappa shape index (κ2) is 11.8. The lowest BCUT2D eigenvalue weighted by Gasteiger charge is -2.25. The summed E-state index contributed by atoms with van der Waals surface area (Å²) >= 11 is 0. The van der Waals surface area contributed by atoms with Crippen molar-refractivity contribution in [3.63, 3.8) is 0 Å². The molecule has 0 radical (unpaired) electrons. The molecule has 200 valence electrons. The van der Waals surface area contributed by atoms with Crippen LogP contribution in [0.4, 0.5) is 11.5 Å². The molecule has 2 aromatic carbocycles. The Bertz CT molecular complexity index is 1150. The molecule has 0 aliphatic rings. The fraction of sp³-hybridized carbons (Fsp3) is 0.514. The van der Waals surface area contributed by atoms with Crippen LogP contribution in [0.15, 0.2) is 42.5 Å². The maximum absolute atomic E-state index is 5.25. The number of aromatic nitrogens is 1. The lowest BCUT2D eigenvalue weighted by Crippen LogP contribution is -2.08. The van der Waals surface area contributed by atoms with Gasteiger partial charge in [0, 0.05) is 11.3 Å². The molecule has 0 bridgehead atoms. The molecule has 0 amide bonds. The van der Waals surface area contributed by atoms with Gasteiger partial charge in [-0.1, -0.05) is 113 Å². The SMILES string of the molecule is CC(C)c1cc(C(C)C)c(Nc2cccc(-c3c(C(C)C)cc(C(C)C)cc3C(C)C)n2)c(C(C)C)c1. The summed E-state index contributed by atoms with van der Waals surface area (Å²) in [4.78, 5) is 5.25. The number of nitrogens with one attached hydrogen (secondary N) is 1. The topological polar surface area (TPSA) is 24.9 Å². The molecule has 1 aromatic heterocycles. The maximum atomic E-state index is 5.25. The molecular weight excluding hydrogens is 448 g/mol. The van der Waals surface area contributed by atoms with Crippen LogP contribution in [0, 0.1) is 0 Å². The van der Waals surface area contributed by atoms with E-state index in [1.54, 1.807) is 0 Å². The highest BCUT2D eigenvalue weighted by Crippen LogP contribution is 2.40. The summed E-state index contributed by atoms with van der Waals surface area (Å²) in [5.41, 5.74) is 11.9. The first kappa shape index (κ1) is 29.0. The van der Waals surface area contributed by atoms with E-state index in [2.05, 4.69) is 131 Å². The summed E-state index contributed by atoms with van der Waals surface area (Å²) < 4.78 is 0. The smallest absolute Gasteiger partial charge is 0.131 e. The highest BCUT2D eigenvalue weighted by molar-refractivity contribution is 5.74. The quantitative estimate of drug-likeness (QED) is 0.317. The van der Waals surface area contributed by atoms with Crippen LogP contribution in [-0.4, -0.2) is 4.98 Å². The summed E-state index contributed by atoms with van der Waals surface area (Å²) in [7, 11) is 0. The van der Waals surface area contributed by atoms with E-state index in [0.717, 1.165) is 11.5 Å². The Morgan fingerprint density at radius 3 is 1.30 bits per heavy atom. The first-order valence-corrected chi connectivity index (χ1v) is 14.4. The standard InChI is InChI=1S/C35H50N2/c1-20(2)26-16-28(22(5)6)34(29(17-26)23(7)8)32-14-13-15-33(36-32)37-35-30(24(9)10)18-27(21(3)4)19-31(35)25(11)12/h13-25H,1-12H3,(H,36,37). The van der Waals surface area contributed by atoms with Gasteiger partial charge >= 0.3 is 0 Å². The lowest BCUT2D eigenvalue weighted by molar-refractivity contribution is 0.805. The van der Waals surface area contributed by atoms with Gasteiger partial charge in [-0.05, 0) is 81.0 Å². The van der Waals surface area contributed by atoms with Crippen LogP contribution >= 0.6 is 0 Å². The molecule has 2 heteroatoms. The third kappa shape index (κ3) is 6.46. The Hall–Kier alpha value is -2.61. The zero-order valence-electron chi connectivity index (χ0n) is 25.5. The molecule has 0 atom stereocenters. The summed E-state index contributed by atoms with van der Waals surface area (Å²) in [6, 6.07) is 16.1. The summed E-state index contributed by atoms with van der Waals surface area (Å²) in [5, 5.41) is 3.80. The van der Waals surface area contributed by atoms with Crippen LogP contribution in [0.3, 0.4) is 0 Å². The zero-order valence-corrected chi connectivity index (χ0v) is 25.5. The van der Waals surface area contributed by atoms with Gasteiger partial charge < -0.3 is 5.32 Å². The molecule has 1 N–H and O–H groups in total. The van der Waals surface area contributed by atoms with Crippen LogP contribution in [0.5, 0.6) is 0 Å². The molecule has 0 saturated heterocycles. The molecule has 37 heavy (non-hydrogen) atoms. The second-order valence-corrected chi connectivity index (χ2v) is 12.6. The minimum atomic E-state index is 0.422. The number of pyridine rings is 1. The van der Waals surface area contributed by atoms with E-state index in [0.29, 0.717) is 35.5 Å². The van der Waals surface area contributed by atoms with Gasteiger partial charge in [0.2, 0.25) is 0 Å². The average molecular weight is 499 g/mol. The molecular formula is C35H50N2. The highest BCUT2D eigenvalue weighted by Gasteiger charge is 2.21. The van der Waals surface area contributed by atoms with Gasteiger partial charge in [0.15, 0.2) is 0 Å². The van der Waals surface area contributed by atoms with Crippen molar-refractivity contribution in [1.82, 2.24) is 4.98 Å². The Balaban J connectivity index is 2.20. The van der Waals surface area contributed by atoms with Gasteiger partial charge in [0.1, 0.15) is 5.82 Å². The van der Waals surface area contributed by atoms with Crippen molar-refractivity contribution in [1.29, 1.82) is 0 Å². The third-order valence-corrected chi connectivity index (χ3v) is 7.52. The molecule has 1 heterocycles. The van der Waals surface area contributed by atoms with E-state index >= 15 is 0 Å². The first-order valence-electron chi connectivity index (χ1n) is 14.4. The number of nitrogens with zero attached hydrogens (tertiary/aromatic N) is 1. The minimum absolute atomic E-state index is 0.422. The van der Waals surface area contributed by atoms with Crippen molar-refractivity contribution in [2.45, 2.75) is 119 Å². The number of hydrogen-bond donors (Lipinski definition) is 1. The van der Waals surface area contributed by atoms with E-state index in [4.69, 9.17) is 4.98 Å². The molecule has 2 nitrogen and oxygen atoms in total. The van der Waals surface area contributed by atoms with Crippen molar-refractivity contribution < 1.29 is 0 Å². The molecule has 3 aromatic rings. The van der Waals surface area contributed by atoms with Crippen molar-refractivity contribution in [2.24, 2.45) is 0 Å². The van der Waals surface area contributed by atoms with Crippen LogP contribution in [0.25, 0.3) is 11.3 Å². The largest absolute Gasteiger partial charge is 0.340 e. The molecule has 0 unspecified atom stereocenters. The van der Waals surface area contributed by atoms with Crippen molar-refractivity contribution >= 4 is 11.5 Å². The maximum Gasteiger partial charge on any atom is 0.131 e. The van der Waals surface area contributed by atoms with Crippen LogP contribution in [-0.2, 0) is 0 Å². The van der Waals surface area contributed by atoms with Gasteiger partial charge in [-0.25, -0.2) is 4.98 Å². The van der Waals surface area contributed by atoms with Gasteiger partial charge in [0.25, 0.3) is 0 Å². The Kier molecular flexibility index (Phi) is 9.27. The fourth-order valence-electron chi connectivity index (χ4n) is 5.12. The number of anilines is 2. The van der Waals surface area contributed by atoms with E-state index in [-0.39, 0.29) is 0 Å². The van der Waals surface area contributed by atoms with Crippen molar-refractivity contribution in [3.05, 3.63) is 75.8 Å². The number of hydrogen-bond acceptors (Lipinski definition) is 2. The average Bonchev–Trinajstić information content (AvgIpc) is 2.82. The lowest BCUT2D eigenvalue weighted by atomic mass is 9.83. The number of benzene rings is 2. The zero-order chi connectivity index (χ0) is 27.6. The first-order chi connectivity index (χ1) is 17.3. The summed E-state index contributed by atoms with van der Waals surface area (Å²) in [5.74, 6) is 3.61. The molecule has 0 aliphatic carbocycles. The van der Waals surface area contributed by atoms with Crippen LogP contribution in [0.2, 0.25) is 0 Å².